The SMILES string of the molecule is COc1cc(F)c([N+](=O)[O-])c(NCCCc2ccn[nH]2)c1. The lowest BCUT2D eigenvalue weighted by Crippen LogP contribution is -2.07. The van der Waals surface area contributed by atoms with Crippen molar-refractivity contribution in [1.29, 1.82) is 0 Å². The zero-order valence-corrected chi connectivity index (χ0v) is 11.4. The smallest absolute Gasteiger partial charge is 0.327 e. The van der Waals surface area contributed by atoms with E-state index in [9.17, 15) is 14.5 Å². The van der Waals surface area contributed by atoms with Crippen LogP contribution in [0, 0.1) is 15.9 Å². The van der Waals surface area contributed by atoms with Crippen LogP contribution in [0.3, 0.4) is 0 Å². The molecule has 112 valence electrons. The summed E-state index contributed by atoms with van der Waals surface area (Å²) in [6, 6.07) is 4.26. The molecule has 8 heteroatoms. The van der Waals surface area contributed by atoms with E-state index in [0.717, 1.165) is 24.6 Å². The first kappa shape index (κ1) is 14.8. The molecule has 0 saturated carbocycles. The van der Waals surface area contributed by atoms with Gasteiger partial charge in [-0.1, -0.05) is 0 Å². The van der Waals surface area contributed by atoms with Crippen LogP contribution in [-0.4, -0.2) is 28.8 Å². The van der Waals surface area contributed by atoms with E-state index in [-0.39, 0.29) is 11.4 Å². The third-order valence-electron chi connectivity index (χ3n) is 2.95. The van der Waals surface area contributed by atoms with Crippen molar-refractivity contribution in [3.63, 3.8) is 0 Å². The Balaban J connectivity index is 2.03. The zero-order chi connectivity index (χ0) is 15.2. The molecule has 1 aromatic heterocycles. The van der Waals surface area contributed by atoms with E-state index in [0.29, 0.717) is 6.54 Å². The Morgan fingerprint density at radius 1 is 1.52 bits per heavy atom. The fraction of sp³-hybridized carbons (Fsp3) is 0.308. The normalized spacial score (nSPS) is 10.4. The van der Waals surface area contributed by atoms with Gasteiger partial charge >= 0.3 is 5.69 Å². The third kappa shape index (κ3) is 3.68. The van der Waals surface area contributed by atoms with Crippen LogP contribution in [0.4, 0.5) is 15.8 Å². The molecule has 0 unspecified atom stereocenters. The molecule has 1 aromatic carbocycles. The quantitative estimate of drug-likeness (QED) is 0.465. The molecule has 0 atom stereocenters. The van der Waals surface area contributed by atoms with Gasteiger partial charge in [-0.25, -0.2) is 0 Å². The number of aromatic nitrogens is 2. The van der Waals surface area contributed by atoms with Crippen LogP contribution < -0.4 is 10.1 Å². The van der Waals surface area contributed by atoms with E-state index in [1.54, 1.807) is 6.20 Å². The van der Waals surface area contributed by atoms with Crippen molar-refractivity contribution in [2.24, 2.45) is 0 Å². The standard InChI is InChI=1S/C13H15FN4O3/c1-21-10-7-11(14)13(18(19)20)12(8-10)15-5-2-3-9-4-6-16-17-9/h4,6-8,15H,2-3,5H2,1H3,(H,16,17). The number of hydrogen-bond acceptors (Lipinski definition) is 5. The number of halogens is 1. The number of benzene rings is 1. The molecule has 21 heavy (non-hydrogen) atoms. The molecule has 2 N–H and O–H groups in total. The fourth-order valence-corrected chi connectivity index (χ4v) is 1.94. The van der Waals surface area contributed by atoms with Gasteiger partial charge in [0, 0.05) is 30.6 Å². The van der Waals surface area contributed by atoms with Crippen molar-refractivity contribution in [2.45, 2.75) is 12.8 Å². The summed E-state index contributed by atoms with van der Waals surface area (Å²) in [4.78, 5) is 10.2. The Morgan fingerprint density at radius 2 is 2.33 bits per heavy atom. The average molecular weight is 294 g/mol. The molecule has 0 bridgehead atoms. The molecule has 2 rings (SSSR count). The molecular weight excluding hydrogens is 279 g/mol. The highest BCUT2D eigenvalue weighted by molar-refractivity contribution is 5.65. The van der Waals surface area contributed by atoms with E-state index in [1.165, 1.54) is 13.2 Å². The summed E-state index contributed by atoms with van der Waals surface area (Å²) in [5.41, 5.74) is 0.516. The monoisotopic (exact) mass is 294 g/mol. The maximum absolute atomic E-state index is 13.7. The predicted molar refractivity (Wildman–Crippen MR) is 75.0 cm³/mol. The average Bonchev–Trinajstić information content (AvgIpc) is 2.95. The van der Waals surface area contributed by atoms with E-state index < -0.39 is 16.4 Å². The number of ether oxygens (including phenoxy) is 1. The molecule has 0 amide bonds. The Hall–Kier alpha value is -2.64. The van der Waals surface area contributed by atoms with Crippen LogP contribution in [0.1, 0.15) is 12.1 Å². The van der Waals surface area contributed by atoms with Crippen molar-refractivity contribution < 1.29 is 14.1 Å². The van der Waals surface area contributed by atoms with Gasteiger partial charge in [-0.2, -0.15) is 9.49 Å². The number of nitrogens with one attached hydrogen (secondary N) is 2. The summed E-state index contributed by atoms with van der Waals surface area (Å²) in [5.74, 6) is -0.690. The highest BCUT2D eigenvalue weighted by Gasteiger charge is 2.21. The van der Waals surface area contributed by atoms with Crippen LogP contribution in [0.15, 0.2) is 24.4 Å². The fourth-order valence-electron chi connectivity index (χ4n) is 1.94. The topological polar surface area (TPSA) is 93.1 Å². The van der Waals surface area contributed by atoms with Crippen molar-refractivity contribution in [3.05, 3.63) is 46.0 Å². The molecular formula is C13H15FN4O3. The molecule has 7 nitrogen and oxygen atoms in total. The van der Waals surface area contributed by atoms with Crippen LogP contribution >= 0.6 is 0 Å². The van der Waals surface area contributed by atoms with Gasteiger partial charge in [0.1, 0.15) is 11.4 Å². The van der Waals surface area contributed by atoms with E-state index in [1.807, 2.05) is 6.07 Å². The van der Waals surface area contributed by atoms with Crippen LogP contribution in [0.2, 0.25) is 0 Å². The molecule has 0 spiro atoms. The van der Waals surface area contributed by atoms with Crippen molar-refractivity contribution in [3.8, 4) is 5.75 Å². The van der Waals surface area contributed by atoms with Gasteiger partial charge < -0.3 is 10.1 Å². The first-order valence-electron chi connectivity index (χ1n) is 6.36. The van der Waals surface area contributed by atoms with Crippen molar-refractivity contribution in [1.82, 2.24) is 10.2 Å². The lowest BCUT2D eigenvalue weighted by molar-refractivity contribution is -0.386. The minimum atomic E-state index is -0.921. The summed E-state index contributed by atoms with van der Waals surface area (Å²) in [6.45, 7) is 0.465. The van der Waals surface area contributed by atoms with Gasteiger partial charge in [0.15, 0.2) is 0 Å². The third-order valence-corrected chi connectivity index (χ3v) is 2.95. The number of nitro benzene ring substituents is 1. The second kappa shape index (κ2) is 6.69. The largest absolute Gasteiger partial charge is 0.497 e. The van der Waals surface area contributed by atoms with Gasteiger partial charge in [0.2, 0.25) is 5.82 Å². The molecule has 0 aliphatic rings. The van der Waals surface area contributed by atoms with Crippen LogP contribution in [0.5, 0.6) is 5.75 Å². The summed E-state index contributed by atoms with van der Waals surface area (Å²) >= 11 is 0. The number of nitrogens with zero attached hydrogens (tertiary/aromatic N) is 2. The Morgan fingerprint density at radius 3 is 2.95 bits per heavy atom. The number of nitro groups is 1. The lowest BCUT2D eigenvalue weighted by atomic mass is 10.2. The molecule has 0 saturated heterocycles. The molecule has 0 aliphatic heterocycles. The predicted octanol–water partition coefficient (Wildman–Crippen LogP) is 2.51. The molecule has 0 aliphatic carbocycles. The number of methoxy groups -OCH3 is 1. The van der Waals surface area contributed by atoms with Gasteiger partial charge in [0.25, 0.3) is 0 Å². The number of anilines is 1. The highest BCUT2D eigenvalue weighted by atomic mass is 19.1. The van der Waals surface area contributed by atoms with Crippen LogP contribution in [-0.2, 0) is 6.42 Å². The van der Waals surface area contributed by atoms with Crippen molar-refractivity contribution in [2.75, 3.05) is 19.0 Å². The zero-order valence-electron chi connectivity index (χ0n) is 11.4. The number of aromatic amines is 1. The summed E-state index contributed by atoms with van der Waals surface area (Å²) in [6.07, 6.45) is 3.12. The first-order chi connectivity index (χ1) is 10.1. The summed E-state index contributed by atoms with van der Waals surface area (Å²) in [5, 5.41) is 20.5. The van der Waals surface area contributed by atoms with E-state index in [2.05, 4.69) is 15.5 Å². The Kier molecular flexibility index (Phi) is 4.70. The highest BCUT2D eigenvalue weighted by Crippen LogP contribution is 2.32. The summed E-state index contributed by atoms with van der Waals surface area (Å²) < 4.78 is 18.6. The van der Waals surface area contributed by atoms with E-state index >= 15 is 0 Å². The minimum absolute atomic E-state index is 0.112. The molecule has 0 radical (unpaired) electrons. The van der Waals surface area contributed by atoms with Gasteiger partial charge in [-0.05, 0) is 18.9 Å². The van der Waals surface area contributed by atoms with E-state index in [4.69, 9.17) is 4.74 Å². The van der Waals surface area contributed by atoms with Gasteiger partial charge in [-0.3, -0.25) is 15.2 Å². The number of rotatable bonds is 7. The Bertz CT molecular complexity index is 616. The second-order valence-electron chi connectivity index (χ2n) is 4.37. The lowest BCUT2D eigenvalue weighted by Gasteiger charge is -2.09. The number of aryl methyl sites for hydroxylation is 1. The van der Waals surface area contributed by atoms with Gasteiger partial charge in [0.05, 0.1) is 12.0 Å². The number of hydrogen-bond donors (Lipinski definition) is 2. The van der Waals surface area contributed by atoms with Gasteiger partial charge in [-0.15, -0.1) is 0 Å². The molecule has 0 fully saturated rings. The molecule has 1 heterocycles. The Labute approximate surface area is 120 Å². The maximum Gasteiger partial charge on any atom is 0.327 e. The second-order valence-corrected chi connectivity index (χ2v) is 4.37. The first-order valence-corrected chi connectivity index (χ1v) is 6.36. The molecule has 2 aromatic rings. The van der Waals surface area contributed by atoms with Crippen LogP contribution in [0.25, 0.3) is 0 Å². The summed E-state index contributed by atoms with van der Waals surface area (Å²) in [7, 11) is 1.38. The number of H-pyrrole nitrogens is 1. The maximum atomic E-state index is 13.7. The minimum Gasteiger partial charge on any atom is -0.497 e. The van der Waals surface area contributed by atoms with Crippen molar-refractivity contribution >= 4 is 11.4 Å².